The van der Waals surface area contributed by atoms with Crippen molar-refractivity contribution in [3.63, 3.8) is 0 Å². The normalized spacial score (nSPS) is 12.3. The van der Waals surface area contributed by atoms with Gasteiger partial charge in [0.15, 0.2) is 14.0 Å². The summed E-state index contributed by atoms with van der Waals surface area (Å²) in [5, 5.41) is 4.69. The Balaban J connectivity index is 3.01. The van der Waals surface area contributed by atoms with Crippen molar-refractivity contribution in [1.82, 2.24) is 4.67 Å². The lowest BCUT2D eigenvalue weighted by Crippen LogP contribution is -2.42. The van der Waals surface area contributed by atoms with Crippen molar-refractivity contribution in [3.8, 4) is 0 Å². The molecule has 0 N–H and O–H groups in total. The van der Waals surface area contributed by atoms with Crippen LogP contribution in [0.5, 0.6) is 0 Å². The van der Waals surface area contributed by atoms with Crippen LogP contribution in [0, 0.1) is 0 Å². The zero-order valence-electron chi connectivity index (χ0n) is 13.3. The zero-order chi connectivity index (χ0) is 15.2. The Morgan fingerprint density at radius 2 is 1.80 bits per heavy atom. The first-order valence-corrected chi connectivity index (χ1v) is 10.7. The van der Waals surface area contributed by atoms with E-state index in [9.17, 15) is 4.79 Å². The molecule has 0 spiro atoms. The summed E-state index contributed by atoms with van der Waals surface area (Å²) in [6.07, 6.45) is 1.70. The molecule has 0 saturated carbocycles. The van der Waals surface area contributed by atoms with Gasteiger partial charge in [-0.25, -0.2) is 0 Å². The van der Waals surface area contributed by atoms with Crippen molar-refractivity contribution in [2.75, 3.05) is 0 Å². The number of nitrogens with zero attached hydrogens (tertiary/aromatic N) is 2. The molecule has 110 valence electrons. The summed E-state index contributed by atoms with van der Waals surface area (Å²) in [5.41, 5.74) is 1.93. The maximum absolute atomic E-state index is 11.7. The number of Topliss-reactive ketones (excluding diaryl/α,β-unsaturated/α-hetero) is 1. The molecule has 3 nitrogen and oxygen atoms in total. The monoisotopic (exact) mass is 290 g/mol. The second-order valence-corrected chi connectivity index (χ2v) is 10.9. The maximum Gasteiger partial charge on any atom is 0.175 e. The third kappa shape index (κ3) is 5.29. The molecule has 0 saturated heterocycles. The summed E-state index contributed by atoms with van der Waals surface area (Å²) in [4.78, 5) is 11.7. The Morgan fingerprint density at radius 1 is 1.20 bits per heavy atom. The molecule has 4 heteroatoms. The molecule has 0 aliphatic rings. The van der Waals surface area contributed by atoms with Crippen molar-refractivity contribution in [1.29, 1.82) is 0 Å². The minimum absolute atomic E-state index is 0.0863. The summed E-state index contributed by atoms with van der Waals surface area (Å²) in [5.74, 6) is 0.0863. The molecular formula is C16H26N2OSi. The van der Waals surface area contributed by atoms with Gasteiger partial charge in [-0.2, -0.15) is 5.10 Å². The maximum atomic E-state index is 11.7. The number of rotatable bonds is 7. The highest BCUT2D eigenvalue weighted by Gasteiger charge is 2.24. The van der Waals surface area contributed by atoms with E-state index in [2.05, 4.69) is 43.4 Å². The fourth-order valence-electron chi connectivity index (χ4n) is 1.86. The van der Waals surface area contributed by atoms with E-state index in [-0.39, 0.29) is 5.78 Å². The predicted octanol–water partition coefficient (Wildman–Crippen LogP) is 4.07. The van der Waals surface area contributed by atoms with Gasteiger partial charge in [0.2, 0.25) is 0 Å². The lowest BCUT2D eigenvalue weighted by molar-refractivity contribution is -0.111. The summed E-state index contributed by atoms with van der Waals surface area (Å²) >= 11 is 0. The molecule has 0 aromatic heterocycles. The zero-order valence-corrected chi connectivity index (χ0v) is 14.3. The van der Waals surface area contributed by atoms with Gasteiger partial charge in [0.1, 0.15) is 5.71 Å². The van der Waals surface area contributed by atoms with E-state index >= 15 is 0 Å². The van der Waals surface area contributed by atoms with Gasteiger partial charge < -0.3 is 4.67 Å². The number of ketones is 1. The fourth-order valence-corrected chi connectivity index (χ4v) is 2.94. The van der Waals surface area contributed by atoms with Crippen LogP contribution in [0.15, 0.2) is 35.4 Å². The van der Waals surface area contributed by atoms with Crippen LogP contribution < -0.4 is 0 Å². The summed E-state index contributed by atoms with van der Waals surface area (Å²) in [6.45, 7) is 11.2. The average molecular weight is 290 g/mol. The number of hydrazone groups is 1. The molecular weight excluding hydrogens is 264 g/mol. The van der Waals surface area contributed by atoms with Crippen LogP contribution in [0.25, 0.3) is 0 Å². The Morgan fingerprint density at radius 3 is 2.25 bits per heavy atom. The van der Waals surface area contributed by atoms with E-state index in [1.54, 1.807) is 6.92 Å². The first-order chi connectivity index (χ1) is 9.34. The van der Waals surface area contributed by atoms with Gasteiger partial charge in [-0.05, 0) is 12.0 Å². The molecule has 0 radical (unpaired) electrons. The molecule has 20 heavy (non-hydrogen) atoms. The second-order valence-electron chi connectivity index (χ2n) is 6.07. The molecule has 1 aromatic rings. The van der Waals surface area contributed by atoms with Gasteiger partial charge in [-0.15, -0.1) is 0 Å². The summed E-state index contributed by atoms with van der Waals surface area (Å²) in [7, 11) is -1.61. The highest BCUT2D eigenvalue weighted by Crippen LogP contribution is 2.16. The van der Waals surface area contributed by atoms with Gasteiger partial charge in [0, 0.05) is 6.92 Å². The van der Waals surface area contributed by atoms with E-state index in [1.165, 1.54) is 5.56 Å². The van der Waals surface area contributed by atoms with E-state index in [0.29, 0.717) is 5.71 Å². The van der Waals surface area contributed by atoms with Crippen LogP contribution in [0.2, 0.25) is 19.6 Å². The Hall–Kier alpha value is -1.42. The van der Waals surface area contributed by atoms with E-state index in [0.717, 1.165) is 19.4 Å². The Bertz CT molecular complexity index is 463. The molecule has 0 heterocycles. The van der Waals surface area contributed by atoms with Crippen molar-refractivity contribution in [3.05, 3.63) is 35.9 Å². The van der Waals surface area contributed by atoms with Gasteiger partial charge in [0.25, 0.3) is 0 Å². The molecule has 0 fully saturated rings. The summed E-state index contributed by atoms with van der Waals surface area (Å²) < 4.78 is 2.15. The minimum Gasteiger partial charge on any atom is -0.320 e. The van der Waals surface area contributed by atoms with Gasteiger partial charge in [-0.3, -0.25) is 4.79 Å². The number of carbonyl (C=O) groups is 1. The van der Waals surface area contributed by atoms with E-state index in [4.69, 9.17) is 5.10 Å². The standard InChI is InChI=1S/C16H26N2OSi/c1-6-10-16(14(2)19)17-18(20(3,4)5)13-15-11-8-7-9-12-15/h7-9,11-12H,6,10,13H2,1-5H3/b17-16+. The van der Waals surface area contributed by atoms with Gasteiger partial charge in [-0.1, -0.05) is 63.3 Å². The van der Waals surface area contributed by atoms with E-state index < -0.39 is 8.24 Å². The molecule has 0 amide bonds. The third-order valence-electron chi connectivity index (χ3n) is 3.08. The van der Waals surface area contributed by atoms with Crippen LogP contribution in [0.4, 0.5) is 0 Å². The average Bonchev–Trinajstić information content (AvgIpc) is 2.37. The van der Waals surface area contributed by atoms with Crippen LogP contribution in [-0.2, 0) is 11.3 Å². The number of hydrogen-bond donors (Lipinski definition) is 0. The minimum atomic E-state index is -1.61. The van der Waals surface area contributed by atoms with Crippen molar-refractivity contribution in [2.45, 2.75) is 52.9 Å². The third-order valence-corrected chi connectivity index (χ3v) is 4.89. The van der Waals surface area contributed by atoms with Crippen molar-refractivity contribution >= 4 is 19.7 Å². The lowest BCUT2D eigenvalue weighted by atomic mass is 10.2. The number of carbonyl (C=O) groups excluding carboxylic acids is 1. The number of hydrogen-bond acceptors (Lipinski definition) is 3. The first kappa shape index (κ1) is 16.6. The lowest BCUT2D eigenvalue weighted by Gasteiger charge is -2.32. The quantitative estimate of drug-likeness (QED) is 0.431. The molecule has 0 aliphatic carbocycles. The van der Waals surface area contributed by atoms with Gasteiger partial charge >= 0.3 is 0 Å². The van der Waals surface area contributed by atoms with E-state index in [1.807, 2.05) is 18.2 Å². The molecule has 1 aromatic carbocycles. The first-order valence-electron chi connectivity index (χ1n) is 7.24. The SMILES string of the molecule is CCC/C(=N\N(Cc1ccccc1)[Si](C)(C)C)C(C)=O. The molecule has 1 rings (SSSR count). The Labute approximate surface area is 123 Å². The molecule has 0 bridgehead atoms. The van der Waals surface area contributed by atoms with Crippen LogP contribution in [-0.4, -0.2) is 24.4 Å². The van der Waals surface area contributed by atoms with Crippen LogP contribution in [0.3, 0.4) is 0 Å². The predicted molar refractivity (Wildman–Crippen MR) is 88.4 cm³/mol. The topological polar surface area (TPSA) is 32.7 Å². The smallest absolute Gasteiger partial charge is 0.175 e. The Kier molecular flexibility index (Phi) is 6.14. The van der Waals surface area contributed by atoms with Crippen molar-refractivity contribution in [2.24, 2.45) is 5.10 Å². The van der Waals surface area contributed by atoms with Crippen LogP contribution in [0.1, 0.15) is 32.3 Å². The highest BCUT2D eigenvalue weighted by molar-refractivity contribution is 6.73. The number of benzene rings is 1. The summed E-state index contributed by atoms with van der Waals surface area (Å²) in [6, 6.07) is 10.3. The molecule has 0 atom stereocenters. The fraction of sp³-hybridized carbons (Fsp3) is 0.500. The van der Waals surface area contributed by atoms with Crippen molar-refractivity contribution < 1.29 is 4.79 Å². The molecule has 0 unspecified atom stereocenters. The molecule has 0 aliphatic heterocycles. The second kappa shape index (κ2) is 7.38. The van der Waals surface area contributed by atoms with Crippen LogP contribution >= 0.6 is 0 Å². The highest BCUT2D eigenvalue weighted by atomic mass is 28.3. The van der Waals surface area contributed by atoms with Gasteiger partial charge in [0.05, 0.1) is 6.54 Å². The largest absolute Gasteiger partial charge is 0.320 e.